The van der Waals surface area contributed by atoms with Crippen molar-refractivity contribution in [2.24, 2.45) is 4.99 Å². The Hall–Kier alpha value is -1.65. The fourth-order valence-electron chi connectivity index (χ4n) is 2.75. The Morgan fingerprint density at radius 3 is 2.32 bits per heavy atom. The van der Waals surface area contributed by atoms with Crippen LogP contribution in [0, 0.1) is 13.8 Å². The Balaban J connectivity index is 0.00000392. The van der Waals surface area contributed by atoms with Crippen molar-refractivity contribution >= 4 is 40.0 Å². The van der Waals surface area contributed by atoms with Crippen molar-refractivity contribution in [3.63, 3.8) is 0 Å². The Kier molecular flexibility index (Phi) is 9.91. The average molecular weight is 516 g/mol. The van der Waals surface area contributed by atoms with Crippen molar-refractivity contribution in [2.45, 2.75) is 32.7 Å². The number of aryl methyl sites for hydroxylation is 2. The van der Waals surface area contributed by atoms with Gasteiger partial charge in [0.15, 0.2) is 5.96 Å². The van der Waals surface area contributed by atoms with Gasteiger partial charge in [-0.05, 0) is 43.1 Å². The highest BCUT2D eigenvalue weighted by atomic mass is 127. The molecule has 0 bridgehead atoms. The highest BCUT2D eigenvalue weighted by Gasteiger charge is 2.09. The van der Waals surface area contributed by atoms with Crippen molar-refractivity contribution in [3.05, 3.63) is 70.3 Å². The Morgan fingerprint density at radius 1 is 1.00 bits per heavy atom. The van der Waals surface area contributed by atoms with Crippen molar-refractivity contribution in [2.75, 3.05) is 14.1 Å². The van der Waals surface area contributed by atoms with E-state index < -0.39 is 10.0 Å². The molecule has 0 aromatic heterocycles. The third kappa shape index (κ3) is 7.76. The molecule has 154 valence electrons. The molecular weight excluding hydrogens is 487 g/mol. The molecule has 0 radical (unpaired) electrons. The first-order valence-electron chi connectivity index (χ1n) is 8.82. The van der Waals surface area contributed by atoms with Gasteiger partial charge in [0.2, 0.25) is 10.0 Å². The molecule has 3 N–H and O–H groups in total. The Morgan fingerprint density at radius 2 is 1.68 bits per heavy atom. The predicted octanol–water partition coefficient (Wildman–Crippen LogP) is 2.84. The maximum atomic E-state index is 11.7. The van der Waals surface area contributed by atoms with Gasteiger partial charge in [-0.15, -0.1) is 24.0 Å². The number of guanidine groups is 1. The summed E-state index contributed by atoms with van der Waals surface area (Å²) >= 11 is 0. The molecule has 0 unspecified atom stereocenters. The second kappa shape index (κ2) is 11.4. The van der Waals surface area contributed by atoms with E-state index in [9.17, 15) is 8.42 Å². The molecule has 8 heteroatoms. The summed E-state index contributed by atoms with van der Waals surface area (Å²) in [6.45, 7) is 5.43. The maximum Gasteiger partial charge on any atom is 0.215 e. The first-order chi connectivity index (χ1) is 12.8. The van der Waals surface area contributed by atoms with Gasteiger partial charge in [-0.3, -0.25) is 4.99 Å². The Bertz CT molecular complexity index is 914. The van der Waals surface area contributed by atoms with Crippen LogP contribution >= 0.6 is 24.0 Å². The largest absolute Gasteiger partial charge is 0.352 e. The van der Waals surface area contributed by atoms with Gasteiger partial charge < -0.3 is 10.6 Å². The number of hydrogen-bond donors (Lipinski definition) is 3. The van der Waals surface area contributed by atoms with Gasteiger partial charge in [0.05, 0.1) is 5.75 Å². The highest BCUT2D eigenvalue weighted by Crippen LogP contribution is 2.10. The van der Waals surface area contributed by atoms with E-state index in [4.69, 9.17) is 0 Å². The summed E-state index contributed by atoms with van der Waals surface area (Å²) in [4.78, 5) is 4.25. The van der Waals surface area contributed by atoms with Crippen molar-refractivity contribution in [3.8, 4) is 0 Å². The van der Waals surface area contributed by atoms with E-state index in [1.54, 1.807) is 7.05 Å². The molecule has 28 heavy (non-hydrogen) atoms. The van der Waals surface area contributed by atoms with Crippen LogP contribution in [0.15, 0.2) is 47.5 Å². The SMILES string of the molecule is CN=C(NCc1cccc(CS(=O)(=O)NC)c1)NCc1ccc(C)cc1C.I. The third-order valence-corrected chi connectivity index (χ3v) is 5.62. The van der Waals surface area contributed by atoms with Crippen molar-refractivity contribution < 1.29 is 8.42 Å². The zero-order chi connectivity index (χ0) is 19.9. The van der Waals surface area contributed by atoms with Gasteiger partial charge in [0.1, 0.15) is 0 Å². The lowest BCUT2D eigenvalue weighted by Crippen LogP contribution is -2.36. The van der Waals surface area contributed by atoms with Crippen LogP contribution in [0.1, 0.15) is 27.8 Å². The van der Waals surface area contributed by atoms with E-state index in [1.807, 2.05) is 24.3 Å². The van der Waals surface area contributed by atoms with Gasteiger partial charge in [0.25, 0.3) is 0 Å². The molecular formula is C20H29IN4O2S. The van der Waals surface area contributed by atoms with Gasteiger partial charge in [-0.1, -0.05) is 48.0 Å². The zero-order valence-corrected chi connectivity index (χ0v) is 19.9. The lowest BCUT2D eigenvalue weighted by molar-refractivity contribution is 0.587. The smallest absolute Gasteiger partial charge is 0.215 e. The number of sulfonamides is 1. The summed E-state index contributed by atoms with van der Waals surface area (Å²) in [6, 6.07) is 13.9. The summed E-state index contributed by atoms with van der Waals surface area (Å²) in [6.07, 6.45) is 0. The molecule has 2 aromatic carbocycles. The lowest BCUT2D eigenvalue weighted by Gasteiger charge is -2.14. The minimum atomic E-state index is -3.28. The normalized spacial score (nSPS) is 11.6. The van der Waals surface area contributed by atoms with E-state index in [1.165, 1.54) is 23.7 Å². The predicted molar refractivity (Wildman–Crippen MR) is 126 cm³/mol. The van der Waals surface area contributed by atoms with Crippen LogP contribution in [0.2, 0.25) is 0 Å². The van der Waals surface area contributed by atoms with Crippen LogP contribution in [-0.2, 0) is 28.9 Å². The zero-order valence-electron chi connectivity index (χ0n) is 16.7. The summed E-state index contributed by atoms with van der Waals surface area (Å²) in [5, 5.41) is 6.58. The van der Waals surface area contributed by atoms with E-state index in [0.29, 0.717) is 19.0 Å². The number of halogens is 1. The van der Waals surface area contributed by atoms with E-state index in [2.05, 4.69) is 52.4 Å². The van der Waals surface area contributed by atoms with Gasteiger partial charge in [-0.2, -0.15) is 0 Å². The topological polar surface area (TPSA) is 82.6 Å². The number of nitrogens with one attached hydrogen (secondary N) is 3. The molecule has 0 heterocycles. The highest BCUT2D eigenvalue weighted by molar-refractivity contribution is 14.0. The molecule has 0 amide bonds. The maximum absolute atomic E-state index is 11.7. The van der Waals surface area contributed by atoms with Crippen LogP contribution < -0.4 is 15.4 Å². The fraction of sp³-hybridized carbons (Fsp3) is 0.350. The first kappa shape index (κ1) is 24.4. The third-order valence-electron chi connectivity index (χ3n) is 4.29. The minimum Gasteiger partial charge on any atom is -0.352 e. The quantitative estimate of drug-likeness (QED) is 0.301. The number of rotatable bonds is 7. The summed E-state index contributed by atoms with van der Waals surface area (Å²) in [7, 11) is -0.126. The molecule has 6 nitrogen and oxygen atoms in total. The van der Waals surface area contributed by atoms with Crippen LogP contribution in [0.3, 0.4) is 0 Å². The first-order valence-corrected chi connectivity index (χ1v) is 10.5. The van der Waals surface area contributed by atoms with Gasteiger partial charge in [0, 0.05) is 20.1 Å². The van der Waals surface area contributed by atoms with Crippen LogP contribution in [0.5, 0.6) is 0 Å². The van der Waals surface area contributed by atoms with Crippen molar-refractivity contribution in [1.82, 2.24) is 15.4 Å². The fourth-order valence-corrected chi connectivity index (χ4v) is 3.51. The standard InChI is InChI=1S/C20H28N4O2S.HI/c1-15-8-9-19(16(2)10-15)13-24-20(21-3)23-12-17-6-5-7-18(11-17)14-27(25,26)22-4;/h5-11,22H,12-14H2,1-4H3,(H2,21,23,24);1H. The second-order valence-corrected chi connectivity index (χ2v) is 8.42. The summed E-state index contributed by atoms with van der Waals surface area (Å²) in [5.74, 6) is 0.667. The van der Waals surface area contributed by atoms with Crippen molar-refractivity contribution in [1.29, 1.82) is 0 Å². The average Bonchev–Trinajstić information content (AvgIpc) is 2.63. The molecule has 0 saturated carbocycles. The monoisotopic (exact) mass is 516 g/mol. The molecule has 0 spiro atoms. The van der Waals surface area contributed by atoms with E-state index in [0.717, 1.165) is 11.1 Å². The molecule has 0 atom stereocenters. The van der Waals surface area contributed by atoms with Gasteiger partial charge >= 0.3 is 0 Å². The second-order valence-electron chi connectivity index (χ2n) is 6.49. The molecule has 2 rings (SSSR count). The number of aliphatic imine (C=N–C) groups is 1. The number of nitrogens with zero attached hydrogens (tertiary/aromatic N) is 1. The van der Waals surface area contributed by atoms with E-state index in [-0.39, 0.29) is 29.7 Å². The number of hydrogen-bond acceptors (Lipinski definition) is 3. The molecule has 0 saturated heterocycles. The molecule has 0 aliphatic heterocycles. The molecule has 2 aromatic rings. The van der Waals surface area contributed by atoms with E-state index >= 15 is 0 Å². The Labute approximate surface area is 185 Å². The molecule has 0 aliphatic carbocycles. The lowest BCUT2D eigenvalue weighted by atomic mass is 10.1. The minimum absolute atomic E-state index is 0. The molecule has 0 fully saturated rings. The van der Waals surface area contributed by atoms with Crippen LogP contribution in [0.25, 0.3) is 0 Å². The van der Waals surface area contributed by atoms with Crippen LogP contribution in [-0.4, -0.2) is 28.5 Å². The summed E-state index contributed by atoms with van der Waals surface area (Å²) in [5.41, 5.74) is 5.47. The van der Waals surface area contributed by atoms with Gasteiger partial charge in [-0.25, -0.2) is 13.1 Å². The number of benzene rings is 2. The summed E-state index contributed by atoms with van der Waals surface area (Å²) < 4.78 is 25.7. The van der Waals surface area contributed by atoms with Crippen LogP contribution in [0.4, 0.5) is 0 Å². The molecule has 0 aliphatic rings.